The maximum Gasteiger partial charge on any atom is 0.330 e. The van der Waals surface area contributed by atoms with Gasteiger partial charge in [0, 0.05) is 11.2 Å². The second-order valence-corrected chi connectivity index (χ2v) is 6.58. The molecule has 1 aromatic carbocycles. The summed E-state index contributed by atoms with van der Waals surface area (Å²) in [5, 5.41) is 16.5. The summed E-state index contributed by atoms with van der Waals surface area (Å²) in [6.07, 6.45) is 3.01. The molecular formula is C16H18ClN3O3. The molecule has 1 amide bonds. The molecule has 1 aromatic heterocycles. The predicted molar refractivity (Wildman–Crippen MR) is 86.5 cm³/mol. The average molecular weight is 336 g/mol. The molecule has 2 aromatic rings. The van der Waals surface area contributed by atoms with Gasteiger partial charge in [-0.1, -0.05) is 23.7 Å². The summed E-state index contributed by atoms with van der Waals surface area (Å²) in [7, 11) is 0. The summed E-state index contributed by atoms with van der Waals surface area (Å²) in [5.74, 6) is -1.65. The fraction of sp³-hybridized carbons (Fsp3) is 0.312. The molecule has 0 saturated heterocycles. The summed E-state index contributed by atoms with van der Waals surface area (Å²) < 4.78 is 1.65. The normalized spacial score (nSPS) is 12.7. The molecule has 23 heavy (non-hydrogen) atoms. The number of hydrogen-bond donors (Lipinski definition) is 2. The number of aromatic nitrogens is 2. The van der Waals surface area contributed by atoms with Crippen molar-refractivity contribution in [2.45, 2.75) is 32.4 Å². The number of amides is 1. The number of rotatable bonds is 4. The lowest BCUT2D eigenvalue weighted by Gasteiger charge is -2.18. The van der Waals surface area contributed by atoms with Crippen LogP contribution in [0.15, 0.2) is 36.7 Å². The fourth-order valence-electron chi connectivity index (χ4n) is 1.96. The van der Waals surface area contributed by atoms with Gasteiger partial charge in [0.1, 0.15) is 0 Å². The number of carbonyl (C=O) groups is 2. The van der Waals surface area contributed by atoms with E-state index in [1.807, 2.05) is 20.8 Å². The first-order valence-corrected chi connectivity index (χ1v) is 7.40. The van der Waals surface area contributed by atoms with Gasteiger partial charge in [0.15, 0.2) is 6.04 Å². The van der Waals surface area contributed by atoms with Gasteiger partial charge < -0.3 is 10.4 Å². The van der Waals surface area contributed by atoms with Crippen LogP contribution in [-0.2, 0) is 10.3 Å². The lowest BCUT2D eigenvalue weighted by Crippen LogP contribution is -2.33. The van der Waals surface area contributed by atoms with Crippen molar-refractivity contribution in [2.75, 3.05) is 0 Å². The molecule has 2 rings (SSSR count). The molecule has 0 aliphatic rings. The molecule has 0 saturated carbocycles. The Kier molecular flexibility index (Phi) is 4.75. The van der Waals surface area contributed by atoms with Gasteiger partial charge in [-0.05, 0) is 38.5 Å². The van der Waals surface area contributed by atoms with Crippen molar-refractivity contribution in [3.8, 4) is 0 Å². The zero-order valence-corrected chi connectivity index (χ0v) is 13.8. The highest BCUT2D eigenvalue weighted by molar-refractivity contribution is 6.30. The number of carbonyl (C=O) groups excluding carboxylic acids is 1. The Balaban J connectivity index is 2.20. The fourth-order valence-corrected chi connectivity index (χ4v) is 2.09. The Morgan fingerprint density at radius 1 is 1.26 bits per heavy atom. The van der Waals surface area contributed by atoms with Crippen molar-refractivity contribution in [1.29, 1.82) is 0 Å². The molecule has 7 heteroatoms. The lowest BCUT2D eigenvalue weighted by molar-refractivity contribution is -0.139. The van der Waals surface area contributed by atoms with E-state index in [-0.39, 0.29) is 5.54 Å². The lowest BCUT2D eigenvalue weighted by atomic mass is 10.1. The highest BCUT2D eigenvalue weighted by Gasteiger charge is 2.24. The maximum atomic E-state index is 12.3. The number of carboxylic acids is 1. The zero-order valence-electron chi connectivity index (χ0n) is 13.1. The van der Waals surface area contributed by atoms with Gasteiger partial charge in [0.25, 0.3) is 5.91 Å². The Labute approximate surface area is 139 Å². The number of halogens is 1. The molecule has 1 atom stereocenters. The summed E-state index contributed by atoms with van der Waals surface area (Å²) in [4.78, 5) is 23.7. The molecule has 1 heterocycles. The topological polar surface area (TPSA) is 84.2 Å². The molecule has 0 radical (unpaired) electrons. The number of nitrogens with one attached hydrogen (secondary N) is 1. The molecule has 1 unspecified atom stereocenters. The Morgan fingerprint density at radius 3 is 2.35 bits per heavy atom. The van der Waals surface area contributed by atoms with Crippen molar-refractivity contribution in [3.63, 3.8) is 0 Å². The number of carboxylic acid groups (broad SMARTS) is 1. The van der Waals surface area contributed by atoms with Crippen molar-refractivity contribution < 1.29 is 14.7 Å². The quantitative estimate of drug-likeness (QED) is 0.899. The van der Waals surface area contributed by atoms with E-state index in [0.717, 1.165) is 0 Å². The van der Waals surface area contributed by atoms with Crippen LogP contribution >= 0.6 is 11.6 Å². The van der Waals surface area contributed by atoms with Crippen molar-refractivity contribution >= 4 is 23.5 Å². The van der Waals surface area contributed by atoms with E-state index in [2.05, 4.69) is 10.4 Å². The largest absolute Gasteiger partial charge is 0.479 e. The van der Waals surface area contributed by atoms with Gasteiger partial charge in [-0.15, -0.1) is 0 Å². The SMILES string of the molecule is CC(C)(C)n1cc(C(=O)NC(C(=O)O)c2ccc(Cl)cc2)cn1. The minimum atomic E-state index is -1.15. The summed E-state index contributed by atoms with van der Waals surface area (Å²) >= 11 is 5.80. The van der Waals surface area contributed by atoms with Crippen LogP contribution in [0.25, 0.3) is 0 Å². The first-order chi connectivity index (χ1) is 10.7. The second-order valence-electron chi connectivity index (χ2n) is 6.14. The monoisotopic (exact) mass is 335 g/mol. The third-order valence-electron chi connectivity index (χ3n) is 3.26. The second kappa shape index (κ2) is 6.42. The predicted octanol–water partition coefficient (Wildman–Crippen LogP) is 2.85. The van der Waals surface area contributed by atoms with Gasteiger partial charge >= 0.3 is 5.97 Å². The van der Waals surface area contributed by atoms with Crippen LogP contribution in [-0.4, -0.2) is 26.8 Å². The first-order valence-electron chi connectivity index (χ1n) is 7.03. The van der Waals surface area contributed by atoms with E-state index in [1.165, 1.54) is 6.20 Å². The third kappa shape index (κ3) is 4.10. The molecule has 0 aliphatic heterocycles. The Hall–Kier alpha value is -2.34. The van der Waals surface area contributed by atoms with Crippen LogP contribution in [0.3, 0.4) is 0 Å². The molecule has 0 aliphatic carbocycles. The van der Waals surface area contributed by atoms with Gasteiger partial charge in [0.05, 0.1) is 17.3 Å². The minimum absolute atomic E-state index is 0.263. The molecule has 0 spiro atoms. The van der Waals surface area contributed by atoms with Gasteiger partial charge in [0.2, 0.25) is 0 Å². The van der Waals surface area contributed by atoms with E-state index in [0.29, 0.717) is 16.1 Å². The van der Waals surface area contributed by atoms with Crippen molar-refractivity contribution in [2.24, 2.45) is 0 Å². The minimum Gasteiger partial charge on any atom is -0.479 e. The number of hydrogen-bond acceptors (Lipinski definition) is 3. The van der Waals surface area contributed by atoms with Gasteiger partial charge in [-0.3, -0.25) is 9.48 Å². The highest BCUT2D eigenvalue weighted by atomic mass is 35.5. The van der Waals surface area contributed by atoms with E-state index < -0.39 is 17.9 Å². The molecule has 0 fully saturated rings. The molecule has 122 valence electrons. The summed E-state index contributed by atoms with van der Waals surface area (Å²) in [5.41, 5.74) is 0.486. The van der Waals surface area contributed by atoms with Gasteiger partial charge in [-0.2, -0.15) is 5.10 Å². The van der Waals surface area contributed by atoms with Crippen LogP contribution in [0.4, 0.5) is 0 Å². The van der Waals surface area contributed by atoms with E-state index >= 15 is 0 Å². The van der Waals surface area contributed by atoms with Crippen LogP contribution in [0.5, 0.6) is 0 Å². The van der Waals surface area contributed by atoms with Crippen molar-refractivity contribution in [3.05, 3.63) is 52.8 Å². The van der Waals surface area contributed by atoms with Crippen LogP contribution < -0.4 is 5.32 Å². The van der Waals surface area contributed by atoms with Crippen LogP contribution in [0.2, 0.25) is 5.02 Å². The highest BCUT2D eigenvalue weighted by Crippen LogP contribution is 2.18. The summed E-state index contributed by atoms with van der Waals surface area (Å²) in [6, 6.07) is 5.14. The average Bonchev–Trinajstić information content (AvgIpc) is 2.95. The summed E-state index contributed by atoms with van der Waals surface area (Å²) in [6.45, 7) is 5.86. The maximum absolute atomic E-state index is 12.3. The van der Waals surface area contributed by atoms with E-state index in [1.54, 1.807) is 35.1 Å². The number of benzene rings is 1. The first kappa shape index (κ1) is 17.0. The smallest absolute Gasteiger partial charge is 0.330 e. The molecule has 2 N–H and O–H groups in total. The zero-order chi connectivity index (χ0) is 17.2. The third-order valence-corrected chi connectivity index (χ3v) is 3.51. The van der Waals surface area contributed by atoms with E-state index in [9.17, 15) is 14.7 Å². The Bertz CT molecular complexity index is 717. The standard InChI is InChI=1S/C16H18ClN3O3/c1-16(2,3)20-9-11(8-18-20)14(21)19-13(15(22)23)10-4-6-12(17)7-5-10/h4-9,13H,1-3H3,(H,19,21)(H,22,23). The van der Waals surface area contributed by atoms with Crippen LogP contribution in [0.1, 0.15) is 42.7 Å². The Morgan fingerprint density at radius 2 is 1.87 bits per heavy atom. The van der Waals surface area contributed by atoms with Crippen LogP contribution in [0, 0.1) is 0 Å². The van der Waals surface area contributed by atoms with E-state index in [4.69, 9.17) is 11.6 Å². The molecule has 0 bridgehead atoms. The number of nitrogens with zero attached hydrogens (tertiary/aromatic N) is 2. The van der Waals surface area contributed by atoms with Gasteiger partial charge in [-0.25, -0.2) is 4.79 Å². The molecule has 6 nitrogen and oxygen atoms in total. The number of aliphatic carboxylic acids is 1. The molecular weight excluding hydrogens is 318 g/mol. The van der Waals surface area contributed by atoms with Crippen molar-refractivity contribution in [1.82, 2.24) is 15.1 Å².